The summed E-state index contributed by atoms with van der Waals surface area (Å²) in [5.41, 5.74) is 0.509. The molecule has 0 N–H and O–H groups in total. The lowest BCUT2D eigenvalue weighted by molar-refractivity contribution is -0.140. The molecule has 1 aromatic rings. The largest absolute Gasteiger partial charge is 0.459 e. The molecule has 2 saturated carbocycles. The van der Waals surface area contributed by atoms with Gasteiger partial charge in [-0.05, 0) is 87.5 Å². The average Bonchev–Trinajstić information content (AvgIpc) is 2.64. The van der Waals surface area contributed by atoms with E-state index in [1.807, 2.05) is 0 Å². The van der Waals surface area contributed by atoms with E-state index in [-0.39, 0.29) is 24.0 Å². The Morgan fingerprint density at radius 1 is 0.808 bits per heavy atom. The number of carbonyl (C=O) groups is 2. The highest BCUT2D eigenvalue weighted by Gasteiger charge is 2.26. The molecule has 0 atom stereocenters. The Morgan fingerprint density at radius 3 is 1.92 bits per heavy atom. The minimum atomic E-state index is -0.288. The summed E-state index contributed by atoms with van der Waals surface area (Å²) < 4.78 is 11.1. The van der Waals surface area contributed by atoms with Gasteiger partial charge in [-0.3, -0.25) is 4.79 Å². The molecule has 0 aromatic heterocycles. The van der Waals surface area contributed by atoms with Crippen molar-refractivity contribution >= 4 is 11.9 Å². The van der Waals surface area contributed by atoms with E-state index in [9.17, 15) is 9.59 Å². The third kappa shape index (κ3) is 5.09. The lowest BCUT2D eigenvalue weighted by Crippen LogP contribution is -2.25. The standard InChI is InChI=1S/C22H30O4/c1-15-3-7-17(8-4-15)21(23)26-20-13-9-18(10-14-20)22(24)25-19-11-5-16(2)6-12-19/h9-10,13-17,19H,3-8,11-12H2,1-2H3. The third-order valence-electron chi connectivity index (χ3n) is 5.89. The second-order valence-electron chi connectivity index (χ2n) is 8.19. The Morgan fingerprint density at radius 2 is 1.35 bits per heavy atom. The van der Waals surface area contributed by atoms with Crippen molar-refractivity contribution in [2.75, 3.05) is 0 Å². The third-order valence-corrected chi connectivity index (χ3v) is 5.89. The summed E-state index contributed by atoms with van der Waals surface area (Å²) in [6.07, 6.45) is 8.15. The van der Waals surface area contributed by atoms with Crippen molar-refractivity contribution in [2.24, 2.45) is 17.8 Å². The molecule has 4 nitrogen and oxygen atoms in total. The van der Waals surface area contributed by atoms with E-state index in [2.05, 4.69) is 13.8 Å². The van der Waals surface area contributed by atoms with Gasteiger partial charge in [0.25, 0.3) is 0 Å². The molecular formula is C22H30O4. The van der Waals surface area contributed by atoms with Crippen molar-refractivity contribution in [2.45, 2.75) is 71.3 Å². The molecule has 0 radical (unpaired) electrons. The highest BCUT2D eigenvalue weighted by atomic mass is 16.5. The van der Waals surface area contributed by atoms with E-state index >= 15 is 0 Å². The van der Waals surface area contributed by atoms with E-state index < -0.39 is 0 Å². The van der Waals surface area contributed by atoms with Crippen molar-refractivity contribution in [1.82, 2.24) is 0 Å². The predicted octanol–water partition coefficient (Wildman–Crippen LogP) is 5.15. The summed E-state index contributed by atoms with van der Waals surface area (Å²) in [5.74, 6) is 1.50. The van der Waals surface area contributed by atoms with Crippen LogP contribution in [-0.4, -0.2) is 18.0 Å². The second-order valence-corrected chi connectivity index (χ2v) is 8.19. The van der Waals surface area contributed by atoms with Crippen LogP contribution < -0.4 is 4.74 Å². The van der Waals surface area contributed by atoms with Gasteiger partial charge < -0.3 is 9.47 Å². The zero-order valence-corrected chi connectivity index (χ0v) is 15.9. The molecule has 2 aliphatic carbocycles. The highest BCUT2D eigenvalue weighted by molar-refractivity contribution is 5.89. The van der Waals surface area contributed by atoms with E-state index in [0.29, 0.717) is 17.2 Å². The first-order chi connectivity index (χ1) is 12.5. The van der Waals surface area contributed by atoms with Crippen LogP contribution in [0.5, 0.6) is 5.75 Å². The molecule has 0 saturated heterocycles. The molecule has 4 heteroatoms. The van der Waals surface area contributed by atoms with Gasteiger partial charge in [-0.25, -0.2) is 4.79 Å². The van der Waals surface area contributed by atoms with Gasteiger partial charge >= 0.3 is 11.9 Å². The van der Waals surface area contributed by atoms with Crippen LogP contribution in [0.2, 0.25) is 0 Å². The number of carbonyl (C=O) groups excluding carboxylic acids is 2. The predicted molar refractivity (Wildman–Crippen MR) is 100 cm³/mol. The van der Waals surface area contributed by atoms with Crippen LogP contribution in [0.15, 0.2) is 24.3 Å². The van der Waals surface area contributed by atoms with Crippen LogP contribution in [-0.2, 0) is 9.53 Å². The quantitative estimate of drug-likeness (QED) is 0.551. The second kappa shape index (κ2) is 8.70. The van der Waals surface area contributed by atoms with Gasteiger partial charge in [0.2, 0.25) is 0 Å². The molecule has 142 valence electrons. The number of esters is 2. The molecule has 0 aliphatic heterocycles. The minimum absolute atomic E-state index is 0.00420. The van der Waals surface area contributed by atoms with Crippen molar-refractivity contribution in [1.29, 1.82) is 0 Å². The van der Waals surface area contributed by atoms with Crippen LogP contribution in [0.25, 0.3) is 0 Å². The Kier molecular flexibility index (Phi) is 6.33. The van der Waals surface area contributed by atoms with Gasteiger partial charge in [0.1, 0.15) is 11.9 Å². The molecule has 0 heterocycles. The van der Waals surface area contributed by atoms with Crippen LogP contribution in [0, 0.1) is 17.8 Å². The lowest BCUT2D eigenvalue weighted by Gasteiger charge is -2.26. The number of ether oxygens (including phenoxy) is 2. The van der Waals surface area contributed by atoms with Gasteiger partial charge in [-0.2, -0.15) is 0 Å². The average molecular weight is 358 g/mol. The number of benzene rings is 1. The molecule has 3 rings (SSSR count). The lowest BCUT2D eigenvalue weighted by atomic mass is 9.83. The van der Waals surface area contributed by atoms with Gasteiger partial charge in [0, 0.05) is 0 Å². The molecule has 0 bridgehead atoms. The van der Waals surface area contributed by atoms with Crippen molar-refractivity contribution in [3.8, 4) is 5.75 Å². The zero-order chi connectivity index (χ0) is 18.5. The van der Waals surface area contributed by atoms with Gasteiger partial charge in [-0.15, -0.1) is 0 Å². The summed E-state index contributed by atoms with van der Waals surface area (Å²) in [5, 5.41) is 0. The van der Waals surface area contributed by atoms with E-state index in [1.165, 1.54) is 0 Å². The van der Waals surface area contributed by atoms with Crippen LogP contribution >= 0.6 is 0 Å². The maximum atomic E-state index is 12.3. The number of rotatable bonds is 4. The summed E-state index contributed by atoms with van der Waals surface area (Å²) in [6.45, 7) is 4.47. The van der Waals surface area contributed by atoms with Gasteiger partial charge in [-0.1, -0.05) is 13.8 Å². The molecule has 0 unspecified atom stereocenters. The fourth-order valence-corrected chi connectivity index (χ4v) is 3.92. The molecule has 26 heavy (non-hydrogen) atoms. The van der Waals surface area contributed by atoms with Gasteiger partial charge in [0.15, 0.2) is 0 Å². The number of hydrogen-bond donors (Lipinski definition) is 0. The van der Waals surface area contributed by atoms with E-state index in [4.69, 9.17) is 9.47 Å². The van der Waals surface area contributed by atoms with Crippen molar-refractivity contribution in [3.63, 3.8) is 0 Å². The molecule has 2 aliphatic rings. The minimum Gasteiger partial charge on any atom is -0.459 e. The fourth-order valence-electron chi connectivity index (χ4n) is 3.92. The van der Waals surface area contributed by atoms with Crippen molar-refractivity contribution in [3.05, 3.63) is 29.8 Å². The molecule has 2 fully saturated rings. The highest BCUT2D eigenvalue weighted by Crippen LogP contribution is 2.30. The topological polar surface area (TPSA) is 52.6 Å². The fraction of sp³-hybridized carbons (Fsp3) is 0.636. The van der Waals surface area contributed by atoms with Crippen LogP contribution in [0.3, 0.4) is 0 Å². The summed E-state index contributed by atoms with van der Waals surface area (Å²) in [6, 6.07) is 6.73. The van der Waals surface area contributed by atoms with Gasteiger partial charge in [0.05, 0.1) is 11.5 Å². The first kappa shape index (κ1) is 18.9. The van der Waals surface area contributed by atoms with Crippen molar-refractivity contribution < 1.29 is 19.1 Å². The molecular weight excluding hydrogens is 328 g/mol. The smallest absolute Gasteiger partial charge is 0.338 e. The van der Waals surface area contributed by atoms with Crippen LogP contribution in [0.4, 0.5) is 0 Å². The van der Waals surface area contributed by atoms with E-state index in [1.54, 1.807) is 24.3 Å². The van der Waals surface area contributed by atoms with Crippen LogP contribution in [0.1, 0.15) is 75.6 Å². The monoisotopic (exact) mass is 358 g/mol. The maximum absolute atomic E-state index is 12.3. The SMILES string of the molecule is CC1CCC(OC(=O)c2ccc(OC(=O)C3CCC(C)CC3)cc2)CC1. The Bertz CT molecular complexity index is 606. The Hall–Kier alpha value is -1.84. The Balaban J connectivity index is 1.49. The number of hydrogen-bond acceptors (Lipinski definition) is 4. The first-order valence-electron chi connectivity index (χ1n) is 10.0. The maximum Gasteiger partial charge on any atom is 0.338 e. The zero-order valence-electron chi connectivity index (χ0n) is 15.9. The summed E-state index contributed by atoms with van der Waals surface area (Å²) in [4.78, 5) is 24.5. The summed E-state index contributed by atoms with van der Waals surface area (Å²) >= 11 is 0. The summed E-state index contributed by atoms with van der Waals surface area (Å²) in [7, 11) is 0. The normalized spacial score (nSPS) is 29.0. The molecule has 1 aromatic carbocycles. The Labute approximate surface area is 156 Å². The molecule has 0 spiro atoms. The molecule has 0 amide bonds. The van der Waals surface area contributed by atoms with E-state index in [0.717, 1.165) is 57.3 Å². The first-order valence-corrected chi connectivity index (χ1v) is 10.0.